The van der Waals surface area contributed by atoms with E-state index in [1.807, 2.05) is 0 Å². The Labute approximate surface area is 132 Å². The standard InChI is InChI=1S/C15H23N3O3S/c1-16-15(19)13-11-12(22(20,21)17(2)3)7-8-14(13)18-9-5-4-6-10-18/h7-8,11H,4-6,9-10H2,1-3H3,(H,16,19). The zero-order valence-corrected chi connectivity index (χ0v) is 14.1. The molecule has 1 aromatic carbocycles. The highest BCUT2D eigenvalue weighted by atomic mass is 32.2. The highest BCUT2D eigenvalue weighted by Crippen LogP contribution is 2.27. The fourth-order valence-corrected chi connectivity index (χ4v) is 3.54. The van der Waals surface area contributed by atoms with E-state index in [2.05, 4.69) is 10.2 Å². The zero-order valence-electron chi connectivity index (χ0n) is 13.3. The number of nitrogens with one attached hydrogen (secondary N) is 1. The molecule has 1 N–H and O–H groups in total. The van der Waals surface area contributed by atoms with Gasteiger partial charge in [0.05, 0.1) is 10.5 Å². The fraction of sp³-hybridized carbons (Fsp3) is 0.533. The Hall–Kier alpha value is -1.60. The van der Waals surface area contributed by atoms with Gasteiger partial charge in [-0.05, 0) is 37.5 Å². The van der Waals surface area contributed by atoms with Crippen LogP contribution in [0.3, 0.4) is 0 Å². The first-order valence-electron chi connectivity index (χ1n) is 7.41. The number of amides is 1. The van der Waals surface area contributed by atoms with Crippen LogP contribution in [-0.4, -0.2) is 52.9 Å². The van der Waals surface area contributed by atoms with Crippen molar-refractivity contribution in [2.45, 2.75) is 24.2 Å². The van der Waals surface area contributed by atoms with Gasteiger partial charge in [-0.3, -0.25) is 4.79 Å². The summed E-state index contributed by atoms with van der Waals surface area (Å²) in [5.41, 5.74) is 1.21. The van der Waals surface area contributed by atoms with Gasteiger partial charge < -0.3 is 10.2 Å². The molecule has 0 unspecified atom stereocenters. The Morgan fingerprint density at radius 2 is 1.82 bits per heavy atom. The molecular formula is C15H23N3O3S. The van der Waals surface area contributed by atoms with Gasteiger partial charge >= 0.3 is 0 Å². The fourth-order valence-electron chi connectivity index (χ4n) is 2.61. The van der Waals surface area contributed by atoms with Crippen LogP contribution in [0.25, 0.3) is 0 Å². The topological polar surface area (TPSA) is 69.7 Å². The van der Waals surface area contributed by atoms with E-state index < -0.39 is 10.0 Å². The normalized spacial score (nSPS) is 15.9. The van der Waals surface area contributed by atoms with Gasteiger partial charge in [0.1, 0.15) is 0 Å². The van der Waals surface area contributed by atoms with Crippen LogP contribution in [0.5, 0.6) is 0 Å². The molecule has 1 amide bonds. The van der Waals surface area contributed by atoms with Crippen molar-refractivity contribution in [3.8, 4) is 0 Å². The maximum absolute atomic E-state index is 12.3. The van der Waals surface area contributed by atoms with Gasteiger partial charge in [0.2, 0.25) is 10.0 Å². The monoisotopic (exact) mass is 325 g/mol. The number of benzene rings is 1. The van der Waals surface area contributed by atoms with E-state index in [0.29, 0.717) is 5.56 Å². The number of nitrogens with zero attached hydrogens (tertiary/aromatic N) is 2. The van der Waals surface area contributed by atoms with E-state index in [4.69, 9.17) is 0 Å². The first-order valence-corrected chi connectivity index (χ1v) is 8.85. The quantitative estimate of drug-likeness (QED) is 0.905. The molecule has 6 nitrogen and oxygen atoms in total. The van der Waals surface area contributed by atoms with E-state index >= 15 is 0 Å². The van der Waals surface area contributed by atoms with Crippen LogP contribution in [0.2, 0.25) is 0 Å². The molecule has 1 aliphatic heterocycles. The van der Waals surface area contributed by atoms with Gasteiger partial charge in [-0.2, -0.15) is 0 Å². The maximum Gasteiger partial charge on any atom is 0.253 e. The summed E-state index contributed by atoms with van der Waals surface area (Å²) >= 11 is 0. The third-order valence-corrected chi connectivity index (χ3v) is 5.73. The summed E-state index contributed by atoms with van der Waals surface area (Å²) in [6, 6.07) is 4.79. The molecule has 0 aliphatic carbocycles. The SMILES string of the molecule is CNC(=O)c1cc(S(=O)(=O)N(C)C)ccc1N1CCCCC1. The van der Waals surface area contributed by atoms with Crippen LogP contribution in [0.15, 0.2) is 23.1 Å². The molecule has 1 aliphatic rings. The van der Waals surface area contributed by atoms with Crippen LogP contribution < -0.4 is 10.2 Å². The minimum absolute atomic E-state index is 0.136. The average molecular weight is 325 g/mol. The maximum atomic E-state index is 12.3. The van der Waals surface area contributed by atoms with Crippen LogP contribution in [0, 0.1) is 0 Å². The summed E-state index contributed by atoms with van der Waals surface area (Å²) in [6.45, 7) is 1.79. The predicted molar refractivity (Wildman–Crippen MR) is 86.8 cm³/mol. The Kier molecular flexibility index (Phi) is 5.08. The van der Waals surface area contributed by atoms with Crippen molar-refractivity contribution in [1.82, 2.24) is 9.62 Å². The Balaban J connectivity index is 2.49. The molecule has 122 valence electrons. The first-order chi connectivity index (χ1) is 10.4. The van der Waals surface area contributed by atoms with Crippen molar-refractivity contribution in [2.24, 2.45) is 0 Å². The highest BCUT2D eigenvalue weighted by molar-refractivity contribution is 7.89. The van der Waals surface area contributed by atoms with Gasteiger partial charge in [-0.15, -0.1) is 0 Å². The van der Waals surface area contributed by atoms with E-state index in [1.54, 1.807) is 19.2 Å². The number of hydrogen-bond donors (Lipinski definition) is 1. The molecule has 0 spiro atoms. The van der Waals surface area contributed by atoms with Gasteiger partial charge in [0, 0.05) is 39.9 Å². The summed E-state index contributed by atoms with van der Waals surface area (Å²) in [5.74, 6) is -0.267. The second-order valence-electron chi connectivity index (χ2n) is 5.59. The Bertz CT molecular complexity index is 650. The first kappa shape index (κ1) is 16.8. The second-order valence-corrected chi connectivity index (χ2v) is 7.75. The highest BCUT2D eigenvalue weighted by Gasteiger charge is 2.23. The summed E-state index contributed by atoms with van der Waals surface area (Å²) in [5, 5.41) is 2.59. The summed E-state index contributed by atoms with van der Waals surface area (Å²) in [6.07, 6.45) is 3.37. The minimum Gasteiger partial charge on any atom is -0.371 e. The smallest absolute Gasteiger partial charge is 0.253 e. The number of anilines is 1. The molecule has 0 bridgehead atoms. The number of sulfonamides is 1. The van der Waals surface area contributed by atoms with Crippen molar-refractivity contribution in [3.63, 3.8) is 0 Å². The van der Waals surface area contributed by atoms with Gasteiger partial charge in [0.25, 0.3) is 5.91 Å². The molecule has 1 aromatic rings. The molecule has 2 rings (SSSR count). The minimum atomic E-state index is -3.55. The lowest BCUT2D eigenvalue weighted by Gasteiger charge is -2.30. The summed E-state index contributed by atoms with van der Waals surface area (Å²) < 4.78 is 25.7. The van der Waals surface area contributed by atoms with Crippen LogP contribution in [-0.2, 0) is 10.0 Å². The molecule has 22 heavy (non-hydrogen) atoms. The van der Waals surface area contributed by atoms with Gasteiger partial charge in [-0.1, -0.05) is 0 Å². The number of carbonyl (C=O) groups excluding carboxylic acids is 1. The second kappa shape index (κ2) is 6.66. The Morgan fingerprint density at radius 1 is 1.18 bits per heavy atom. The van der Waals surface area contributed by atoms with E-state index in [9.17, 15) is 13.2 Å². The lowest BCUT2D eigenvalue weighted by atomic mass is 10.1. The van der Waals surface area contributed by atoms with E-state index in [1.165, 1.54) is 26.6 Å². The number of rotatable bonds is 4. The zero-order chi connectivity index (χ0) is 16.3. The summed E-state index contributed by atoms with van der Waals surface area (Å²) in [7, 11) is 0.956. The van der Waals surface area contributed by atoms with Crippen molar-refractivity contribution in [1.29, 1.82) is 0 Å². The van der Waals surface area contributed by atoms with E-state index in [-0.39, 0.29) is 10.8 Å². The van der Waals surface area contributed by atoms with Gasteiger partial charge in [-0.25, -0.2) is 12.7 Å². The predicted octanol–water partition coefficient (Wildman–Crippen LogP) is 1.29. The van der Waals surface area contributed by atoms with Crippen molar-refractivity contribution in [2.75, 3.05) is 39.1 Å². The third kappa shape index (κ3) is 3.25. The summed E-state index contributed by atoms with van der Waals surface area (Å²) in [4.78, 5) is 14.5. The molecule has 1 fully saturated rings. The van der Waals surface area contributed by atoms with Crippen molar-refractivity contribution < 1.29 is 13.2 Å². The van der Waals surface area contributed by atoms with E-state index in [0.717, 1.165) is 35.9 Å². The largest absolute Gasteiger partial charge is 0.371 e. The molecule has 0 aromatic heterocycles. The van der Waals surface area contributed by atoms with Crippen molar-refractivity contribution >= 4 is 21.6 Å². The molecule has 1 saturated heterocycles. The number of piperidine rings is 1. The lowest BCUT2D eigenvalue weighted by Crippen LogP contribution is -2.32. The molecule has 0 radical (unpaired) electrons. The van der Waals surface area contributed by atoms with Crippen LogP contribution in [0.4, 0.5) is 5.69 Å². The average Bonchev–Trinajstić information content (AvgIpc) is 2.54. The van der Waals surface area contributed by atoms with Crippen LogP contribution >= 0.6 is 0 Å². The third-order valence-electron chi connectivity index (χ3n) is 3.92. The molecule has 0 saturated carbocycles. The number of carbonyl (C=O) groups is 1. The molecular weight excluding hydrogens is 302 g/mol. The lowest BCUT2D eigenvalue weighted by molar-refractivity contribution is 0.0963. The Morgan fingerprint density at radius 3 is 2.36 bits per heavy atom. The molecule has 7 heteroatoms. The van der Waals surface area contributed by atoms with Gasteiger partial charge in [0.15, 0.2) is 0 Å². The van der Waals surface area contributed by atoms with Crippen molar-refractivity contribution in [3.05, 3.63) is 23.8 Å². The number of hydrogen-bond acceptors (Lipinski definition) is 4. The van der Waals surface area contributed by atoms with Crippen LogP contribution in [0.1, 0.15) is 29.6 Å². The molecule has 1 heterocycles. The molecule has 0 atom stereocenters.